The summed E-state index contributed by atoms with van der Waals surface area (Å²) in [6.07, 6.45) is 3.36. The number of nitrogens with two attached hydrogens (primary N) is 1. The second-order valence-electron chi connectivity index (χ2n) is 5.47. The van der Waals surface area contributed by atoms with E-state index >= 15 is 0 Å². The van der Waals surface area contributed by atoms with Crippen LogP contribution in [-0.2, 0) is 4.79 Å². The summed E-state index contributed by atoms with van der Waals surface area (Å²) in [7, 11) is 0. The zero-order valence-electron chi connectivity index (χ0n) is 13.8. The molecule has 1 amide bonds. The first-order valence-electron chi connectivity index (χ1n) is 7.77. The molecular weight excluding hydrogens is 332 g/mol. The van der Waals surface area contributed by atoms with Crippen LogP contribution in [0.3, 0.4) is 0 Å². The lowest BCUT2D eigenvalue weighted by Gasteiger charge is -2.12. The van der Waals surface area contributed by atoms with Crippen LogP contribution in [0.15, 0.2) is 71.2 Å². The maximum Gasteiger partial charge on any atom is 0.267 e. The minimum atomic E-state index is -0.0838. The number of anilines is 1. The molecule has 0 bridgehead atoms. The lowest BCUT2D eigenvalue weighted by atomic mass is 10.1. The maximum atomic E-state index is 12.9. The fraction of sp³-hybridized carbons (Fsp3) is 0.105. The molecule has 0 saturated carbocycles. The summed E-state index contributed by atoms with van der Waals surface area (Å²) in [5.41, 5.74) is 8.33. The zero-order valence-corrected chi connectivity index (χ0v) is 14.7. The predicted molar refractivity (Wildman–Crippen MR) is 104 cm³/mol. The van der Waals surface area contributed by atoms with E-state index in [2.05, 4.69) is 16.6 Å². The summed E-state index contributed by atoms with van der Waals surface area (Å²) in [5.74, 6) is 0.481. The molecule has 3 rings (SSSR count). The van der Waals surface area contributed by atoms with Gasteiger partial charge in [0.25, 0.3) is 5.91 Å². The number of thioether (sulfide) groups is 1. The van der Waals surface area contributed by atoms with Gasteiger partial charge in [-0.1, -0.05) is 24.3 Å². The van der Waals surface area contributed by atoms with Crippen LogP contribution in [0, 0.1) is 0 Å². The largest absolute Gasteiger partial charge is 0.399 e. The summed E-state index contributed by atoms with van der Waals surface area (Å²) in [6, 6.07) is 13.0. The minimum Gasteiger partial charge on any atom is -0.399 e. The number of amides is 1. The van der Waals surface area contributed by atoms with E-state index in [9.17, 15) is 4.79 Å². The molecule has 2 N–H and O–H groups in total. The van der Waals surface area contributed by atoms with Gasteiger partial charge in [-0.25, -0.2) is 9.98 Å². The highest BCUT2D eigenvalue weighted by atomic mass is 32.2. The van der Waals surface area contributed by atoms with Crippen molar-refractivity contribution in [2.45, 2.75) is 6.92 Å². The normalized spacial score (nSPS) is 17.9. The van der Waals surface area contributed by atoms with E-state index < -0.39 is 0 Å². The van der Waals surface area contributed by atoms with Crippen molar-refractivity contribution >= 4 is 39.9 Å². The van der Waals surface area contributed by atoms with E-state index in [1.54, 1.807) is 23.2 Å². The number of carbonyl (C=O) groups excluding carboxylic acids is 1. The van der Waals surface area contributed by atoms with Crippen molar-refractivity contribution in [1.29, 1.82) is 0 Å². The van der Waals surface area contributed by atoms with Crippen LogP contribution in [0.25, 0.3) is 5.57 Å². The molecule has 1 fully saturated rings. The van der Waals surface area contributed by atoms with Gasteiger partial charge in [0.15, 0.2) is 11.0 Å². The molecule has 0 aliphatic carbocycles. The third-order valence-corrected chi connectivity index (χ3v) is 4.87. The minimum absolute atomic E-state index is 0.0838. The Morgan fingerprint density at radius 3 is 2.88 bits per heavy atom. The van der Waals surface area contributed by atoms with Crippen LogP contribution in [-0.4, -0.2) is 27.5 Å². The first-order chi connectivity index (χ1) is 12.1. The Morgan fingerprint density at radius 2 is 2.20 bits per heavy atom. The number of rotatable bonds is 4. The van der Waals surface area contributed by atoms with E-state index in [1.807, 2.05) is 43.3 Å². The van der Waals surface area contributed by atoms with Gasteiger partial charge >= 0.3 is 0 Å². The number of hydrogen-bond acceptors (Lipinski definition) is 5. The van der Waals surface area contributed by atoms with Crippen LogP contribution in [0.4, 0.5) is 11.5 Å². The molecule has 6 heteroatoms. The van der Waals surface area contributed by atoms with Crippen molar-refractivity contribution < 1.29 is 4.79 Å². The Morgan fingerprint density at radius 1 is 1.36 bits per heavy atom. The van der Waals surface area contributed by atoms with Crippen LogP contribution < -0.4 is 5.73 Å². The van der Waals surface area contributed by atoms with Crippen molar-refractivity contribution in [3.8, 4) is 0 Å². The number of aromatic nitrogens is 1. The fourth-order valence-electron chi connectivity index (χ4n) is 2.43. The molecule has 1 aromatic carbocycles. The molecule has 5 nitrogen and oxygen atoms in total. The van der Waals surface area contributed by atoms with E-state index in [0.717, 1.165) is 11.1 Å². The highest BCUT2D eigenvalue weighted by Crippen LogP contribution is 2.37. The lowest BCUT2D eigenvalue weighted by Crippen LogP contribution is -2.29. The number of aliphatic imine (C=N–C) groups is 1. The number of pyridine rings is 1. The van der Waals surface area contributed by atoms with Gasteiger partial charge in [0.05, 0.1) is 4.91 Å². The van der Waals surface area contributed by atoms with E-state index in [-0.39, 0.29) is 5.91 Å². The zero-order chi connectivity index (χ0) is 17.8. The van der Waals surface area contributed by atoms with Crippen LogP contribution >= 0.6 is 11.8 Å². The average Bonchev–Trinajstić information content (AvgIpc) is 2.92. The first kappa shape index (κ1) is 17.0. The van der Waals surface area contributed by atoms with Gasteiger partial charge in [-0.2, -0.15) is 0 Å². The molecule has 1 aliphatic rings. The Hall–Kier alpha value is -2.86. The van der Waals surface area contributed by atoms with Crippen molar-refractivity contribution in [2.24, 2.45) is 4.99 Å². The third-order valence-electron chi connectivity index (χ3n) is 3.70. The molecule has 0 atom stereocenters. The van der Waals surface area contributed by atoms with Gasteiger partial charge in [0.2, 0.25) is 0 Å². The van der Waals surface area contributed by atoms with Crippen molar-refractivity contribution in [3.63, 3.8) is 0 Å². The van der Waals surface area contributed by atoms with E-state index in [4.69, 9.17) is 5.73 Å². The molecule has 2 heterocycles. The lowest BCUT2D eigenvalue weighted by molar-refractivity contribution is -0.121. The van der Waals surface area contributed by atoms with Crippen LogP contribution in [0.5, 0.6) is 0 Å². The van der Waals surface area contributed by atoms with Gasteiger partial charge in [-0.3, -0.25) is 9.69 Å². The molecular formula is C19H18N4OS. The summed E-state index contributed by atoms with van der Waals surface area (Å²) in [6.45, 7) is 6.05. The Kier molecular flexibility index (Phi) is 5.00. The first-order valence-corrected chi connectivity index (χ1v) is 8.59. The fourth-order valence-corrected chi connectivity index (χ4v) is 3.49. The van der Waals surface area contributed by atoms with Crippen molar-refractivity contribution in [2.75, 3.05) is 12.3 Å². The highest BCUT2D eigenvalue weighted by Gasteiger charge is 2.34. The van der Waals surface area contributed by atoms with Crippen LogP contribution in [0.2, 0.25) is 0 Å². The molecule has 1 saturated heterocycles. The quantitative estimate of drug-likeness (QED) is 0.516. The van der Waals surface area contributed by atoms with Gasteiger partial charge < -0.3 is 5.73 Å². The van der Waals surface area contributed by atoms with E-state index in [1.165, 1.54) is 11.8 Å². The number of carbonyl (C=O) groups is 1. The van der Waals surface area contributed by atoms with Crippen molar-refractivity contribution in [3.05, 3.63) is 71.8 Å². The number of allylic oxidation sites excluding steroid dienone is 1. The van der Waals surface area contributed by atoms with Gasteiger partial charge in [-0.05, 0) is 54.1 Å². The summed E-state index contributed by atoms with van der Waals surface area (Å²) >= 11 is 1.35. The number of amidine groups is 1. The molecule has 1 aromatic heterocycles. The average molecular weight is 350 g/mol. The predicted octanol–water partition coefficient (Wildman–Crippen LogP) is 3.84. The SMILES string of the molecule is C=CCN1C(=O)/C(=C(\C)c2cccc(N)c2)S/C1=N/c1ccccn1. The van der Waals surface area contributed by atoms with E-state index in [0.29, 0.717) is 28.1 Å². The third kappa shape index (κ3) is 3.64. The van der Waals surface area contributed by atoms with Gasteiger partial charge in [-0.15, -0.1) is 6.58 Å². The van der Waals surface area contributed by atoms with Gasteiger partial charge in [0.1, 0.15) is 0 Å². The standard InChI is InChI=1S/C19H18N4OS/c1-3-11-23-18(24)17(13(2)14-7-6-8-15(20)12-14)25-19(23)22-16-9-4-5-10-21-16/h3-10,12H,1,11,20H2,2H3/b17-13-,22-19+. The molecule has 1 aliphatic heterocycles. The monoisotopic (exact) mass is 350 g/mol. The Labute approximate surface area is 151 Å². The van der Waals surface area contributed by atoms with Crippen molar-refractivity contribution in [1.82, 2.24) is 9.88 Å². The molecule has 25 heavy (non-hydrogen) atoms. The Bertz CT molecular complexity index is 874. The second kappa shape index (κ2) is 7.36. The number of hydrogen-bond donors (Lipinski definition) is 1. The topological polar surface area (TPSA) is 71.6 Å². The smallest absolute Gasteiger partial charge is 0.267 e. The number of nitrogens with zero attached hydrogens (tertiary/aromatic N) is 3. The number of nitrogen functional groups attached to an aromatic ring is 1. The summed E-state index contributed by atoms with van der Waals surface area (Å²) in [4.78, 5) is 23.8. The number of benzene rings is 1. The van der Waals surface area contributed by atoms with Crippen LogP contribution in [0.1, 0.15) is 12.5 Å². The Balaban J connectivity index is 2.03. The maximum absolute atomic E-state index is 12.9. The summed E-state index contributed by atoms with van der Waals surface area (Å²) < 4.78 is 0. The molecule has 0 unspecified atom stereocenters. The second-order valence-corrected chi connectivity index (χ2v) is 6.45. The molecule has 0 spiro atoms. The summed E-state index contributed by atoms with van der Waals surface area (Å²) in [5, 5.41) is 0.599. The highest BCUT2D eigenvalue weighted by molar-refractivity contribution is 8.18. The molecule has 2 aromatic rings. The molecule has 0 radical (unpaired) electrons. The van der Waals surface area contributed by atoms with Gasteiger partial charge in [0, 0.05) is 18.4 Å². The molecule has 126 valence electrons.